The van der Waals surface area contributed by atoms with E-state index in [1.165, 1.54) is 17.7 Å². The van der Waals surface area contributed by atoms with Crippen LogP contribution in [0.1, 0.15) is 23.6 Å². The number of hydrogen-bond acceptors (Lipinski definition) is 3. The van der Waals surface area contributed by atoms with Crippen molar-refractivity contribution in [2.75, 3.05) is 5.33 Å². The molecule has 0 fully saturated rings. The van der Waals surface area contributed by atoms with Crippen LogP contribution in [0.5, 0.6) is 5.75 Å². The van der Waals surface area contributed by atoms with Gasteiger partial charge in [-0.2, -0.15) is 0 Å². The molecule has 4 nitrogen and oxygen atoms in total. The van der Waals surface area contributed by atoms with Gasteiger partial charge in [-0.05, 0) is 47.7 Å². The maximum Gasteiger partial charge on any atom is 0.269 e. The summed E-state index contributed by atoms with van der Waals surface area (Å²) >= 11 is 3.45. The van der Waals surface area contributed by atoms with Crippen LogP contribution in [0, 0.1) is 10.1 Å². The lowest BCUT2D eigenvalue weighted by Gasteiger charge is -2.12. The third-order valence-corrected chi connectivity index (χ3v) is 3.84. The molecular weight excluding hydrogens is 346 g/mol. The van der Waals surface area contributed by atoms with E-state index >= 15 is 0 Å². The number of nitro benzene ring substituents is 1. The Morgan fingerprint density at radius 3 is 2.41 bits per heavy atom. The minimum Gasteiger partial charge on any atom is -0.489 e. The lowest BCUT2D eigenvalue weighted by molar-refractivity contribution is -0.384. The normalized spacial score (nSPS) is 10.5. The highest BCUT2D eigenvalue weighted by molar-refractivity contribution is 9.09. The van der Waals surface area contributed by atoms with E-state index in [9.17, 15) is 10.1 Å². The second-order valence-corrected chi connectivity index (χ2v) is 5.74. The first-order chi connectivity index (χ1) is 10.6. The van der Waals surface area contributed by atoms with Crippen molar-refractivity contribution in [3.8, 4) is 5.75 Å². The zero-order valence-corrected chi connectivity index (χ0v) is 14.0. The summed E-state index contributed by atoms with van der Waals surface area (Å²) in [6, 6.07) is 12.8. The van der Waals surface area contributed by atoms with Crippen molar-refractivity contribution < 1.29 is 9.66 Å². The number of rotatable bonds is 7. The van der Waals surface area contributed by atoms with Gasteiger partial charge < -0.3 is 4.74 Å². The first kappa shape index (κ1) is 16.5. The van der Waals surface area contributed by atoms with Crippen LogP contribution < -0.4 is 4.74 Å². The number of hydrogen-bond donors (Lipinski definition) is 0. The molecule has 0 spiro atoms. The molecule has 2 rings (SSSR count). The highest BCUT2D eigenvalue weighted by atomic mass is 79.9. The summed E-state index contributed by atoms with van der Waals surface area (Å²) in [6.45, 7) is 2.51. The Labute approximate surface area is 138 Å². The standard InChI is InChI=1S/C17H18BrNO3/c1-2-13-3-6-15(9-10-18)17(11-13)22-12-14-4-7-16(8-5-14)19(20)21/h3-8,11H,2,9-10,12H2,1H3. The summed E-state index contributed by atoms with van der Waals surface area (Å²) in [6.07, 6.45) is 1.86. The molecule has 0 unspecified atom stereocenters. The minimum atomic E-state index is -0.399. The Bertz CT molecular complexity index is 641. The molecule has 2 aromatic rings. The summed E-state index contributed by atoms with van der Waals surface area (Å²) in [5.41, 5.74) is 3.40. The van der Waals surface area contributed by atoms with Crippen molar-refractivity contribution in [3.05, 3.63) is 69.3 Å². The average Bonchev–Trinajstić information content (AvgIpc) is 2.54. The van der Waals surface area contributed by atoms with E-state index in [0.29, 0.717) is 6.61 Å². The number of nitrogens with zero attached hydrogens (tertiary/aromatic N) is 1. The van der Waals surface area contributed by atoms with E-state index in [4.69, 9.17) is 4.74 Å². The molecule has 0 heterocycles. The summed E-state index contributed by atoms with van der Waals surface area (Å²) in [5, 5.41) is 11.5. The molecule has 22 heavy (non-hydrogen) atoms. The fourth-order valence-electron chi connectivity index (χ4n) is 2.14. The van der Waals surface area contributed by atoms with Crippen LogP contribution >= 0.6 is 15.9 Å². The number of alkyl halides is 1. The second-order valence-electron chi connectivity index (χ2n) is 4.95. The van der Waals surface area contributed by atoms with Gasteiger partial charge in [0.05, 0.1) is 4.92 Å². The Hall–Kier alpha value is -1.88. The predicted octanol–water partition coefficient (Wildman–Crippen LogP) is 4.67. The van der Waals surface area contributed by atoms with Crippen LogP contribution in [0.25, 0.3) is 0 Å². The first-order valence-corrected chi connectivity index (χ1v) is 8.30. The molecule has 0 radical (unpaired) electrons. The van der Waals surface area contributed by atoms with Crippen LogP contribution in [-0.2, 0) is 19.4 Å². The number of aryl methyl sites for hydroxylation is 2. The molecule has 116 valence electrons. The fraction of sp³-hybridized carbons (Fsp3) is 0.294. The van der Waals surface area contributed by atoms with Gasteiger partial charge in [-0.3, -0.25) is 10.1 Å². The Balaban J connectivity index is 2.10. The number of nitro groups is 1. The fourth-order valence-corrected chi connectivity index (χ4v) is 2.56. The van der Waals surface area contributed by atoms with Crippen molar-refractivity contribution in [2.24, 2.45) is 0 Å². The molecule has 0 bridgehead atoms. The number of benzene rings is 2. The summed E-state index contributed by atoms with van der Waals surface area (Å²) in [5.74, 6) is 0.886. The van der Waals surface area contributed by atoms with Gasteiger partial charge in [-0.25, -0.2) is 0 Å². The smallest absolute Gasteiger partial charge is 0.269 e. The molecule has 5 heteroatoms. The minimum absolute atomic E-state index is 0.0942. The number of ether oxygens (including phenoxy) is 1. The molecule has 0 aliphatic rings. The first-order valence-electron chi connectivity index (χ1n) is 7.18. The van der Waals surface area contributed by atoms with E-state index in [1.54, 1.807) is 12.1 Å². The van der Waals surface area contributed by atoms with Crippen molar-refractivity contribution in [3.63, 3.8) is 0 Å². The van der Waals surface area contributed by atoms with E-state index in [0.717, 1.165) is 35.0 Å². The molecule has 0 aromatic heterocycles. The zero-order chi connectivity index (χ0) is 15.9. The van der Waals surface area contributed by atoms with Gasteiger partial charge in [0.2, 0.25) is 0 Å². The molecule has 0 saturated carbocycles. The summed E-state index contributed by atoms with van der Waals surface area (Å²) in [7, 11) is 0. The third kappa shape index (κ3) is 4.31. The number of non-ortho nitro benzene ring substituents is 1. The van der Waals surface area contributed by atoms with Crippen molar-refractivity contribution >= 4 is 21.6 Å². The molecule has 0 N–H and O–H groups in total. The highest BCUT2D eigenvalue weighted by Crippen LogP contribution is 2.23. The molecule has 0 saturated heterocycles. The molecule has 0 atom stereocenters. The van der Waals surface area contributed by atoms with Crippen molar-refractivity contribution in [1.29, 1.82) is 0 Å². The lowest BCUT2D eigenvalue weighted by Crippen LogP contribution is -2.00. The van der Waals surface area contributed by atoms with Crippen LogP contribution in [0.15, 0.2) is 42.5 Å². The summed E-state index contributed by atoms with van der Waals surface area (Å²) < 4.78 is 5.93. The van der Waals surface area contributed by atoms with E-state index in [1.807, 2.05) is 0 Å². The lowest BCUT2D eigenvalue weighted by atomic mass is 10.1. The molecule has 2 aromatic carbocycles. The molecule has 0 aliphatic heterocycles. The second kappa shape index (κ2) is 7.94. The van der Waals surface area contributed by atoms with Gasteiger partial charge in [0.1, 0.15) is 12.4 Å². The van der Waals surface area contributed by atoms with E-state index in [2.05, 4.69) is 41.1 Å². The molecular formula is C17H18BrNO3. The van der Waals surface area contributed by atoms with Crippen LogP contribution in [0.3, 0.4) is 0 Å². The van der Waals surface area contributed by atoms with Gasteiger partial charge in [-0.1, -0.05) is 35.0 Å². The maximum atomic E-state index is 10.6. The Morgan fingerprint density at radius 1 is 1.14 bits per heavy atom. The SMILES string of the molecule is CCc1ccc(CCBr)c(OCc2ccc([N+](=O)[O-])cc2)c1. The van der Waals surface area contributed by atoms with Crippen molar-refractivity contribution in [1.82, 2.24) is 0 Å². The van der Waals surface area contributed by atoms with Gasteiger partial charge in [0.25, 0.3) is 5.69 Å². The quantitative estimate of drug-likeness (QED) is 0.407. The van der Waals surface area contributed by atoms with E-state index in [-0.39, 0.29) is 5.69 Å². The van der Waals surface area contributed by atoms with Crippen LogP contribution in [0.2, 0.25) is 0 Å². The third-order valence-electron chi connectivity index (χ3n) is 3.45. The average molecular weight is 364 g/mol. The Morgan fingerprint density at radius 2 is 1.82 bits per heavy atom. The Kier molecular flexibility index (Phi) is 5.95. The number of halogens is 1. The topological polar surface area (TPSA) is 52.4 Å². The largest absolute Gasteiger partial charge is 0.489 e. The molecule has 0 aliphatic carbocycles. The van der Waals surface area contributed by atoms with Gasteiger partial charge >= 0.3 is 0 Å². The van der Waals surface area contributed by atoms with Gasteiger partial charge in [-0.15, -0.1) is 0 Å². The van der Waals surface area contributed by atoms with E-state index < -0.39 is 4.92 Å². The van der Waals surface area contributed by atoms with Crippen LogP contribution in [-0.4, -0.2) is 10.3 Å². The van der Waals surface area contributed by atoms with Crippen molar-refractivity contribution in [2.45, 2.75) is 26.4 Å². The monoisotopic (exact) mass is 363 g/mol. The summed E-state index contributed by atoms with van der Waals surface area (Å²) in [4.78, 5) is 10.2. The van der Waals surface area contributed by atoms with Gasteiger partial charge in [0.15, 0.2) is 0 Å². The molecule has 0 amide bonds. The predicted molar refractivity (Wildman–Crippen MR) is 90.7 cm³/mol. The van der Waals surface area contributed by atoms with Crippen LogP contribution in [0.4, 0.5) is 5.69 Å². The van der Waals surface area contributed by atoms with Gasteiger partial charge in [0, 0.05) is 17.5 Å². The zero-order valence-electron chi connectivity index (χ0n) is 12.4. The maximum absolute atomic E-state index is 10.6. The highest BCUT2D eigenvalue weighted by Gasteiger charge is 2.07.